The summed E-state index contributed by atoms with van der Waals surface area (Å²) in [5.41, 5.74) is 3.48. The predicted molar refractivity (Wildman–Crippen MR) is 154 cm³/mol. The number of pyridine rings is 2. The normalized spacial score (nSPS) is 21.9. The molecule has 4 aliphatic rings. The van der Waals surface area contributed by atoms with Crippen molar-refractivity contribution in [1.29, 1.82) is 5.26 Å². The van der Waals surface area contributed by atoms with E-state index in [9.17, 15) is 10.1 Å². The highest BCUT2D eigenvalue weighted by Gasteiger charge is 2.38. The van der Waals surface area contributed by atoms with Crippen molar-refractivity contribution in [2.75, 3.05) is 62.7 Å². The highest BCUT2D eigenvalue weighted by atomic mass is 16.6. The van der Waals surface area contributed by atoms with Gasteiger partial charge in [-0.3, -0.25) is 4.90 Å². The van der Waals surface area contributed by atoms with Crippen LogP contribution in [0.5, 0.6) is 5.75 Å². The van der Waals surface area contributed by atoms with Gasteiger partial charge in [0.2, 0.25) is 0 Å². The lowest BCUT2D eigenvalue weighted by molar-refractivity contribution is 0.00566. The molecule has 6 rings (SSSR count). The lowest BCUT2D eigenvalue weighted by atomic mass is 9.90. The van der Waals surface area contributed by atoms with Gasteiger partial charge in [-0.2, -0.15) is 5.26 Å². The molecule has 2 aromatic rings. The molecule has 1 atom stereocenters. The van der Waals surface area contributed by atoms with Crippen LogP contribution in [-0.2, 0) is 9.47 Å². The van der Waals surface area contributed by atoms with Gasteiger partial charge in [-0.05, 0) is 52.7 Å². The van der Waals surface area contributed by atoms with Crippen LogP contribution < -0.4 is 15.0 Å². The Kier molecular flexibility index (Phi) is 7.38. The maximum atomic E-state index is 12.4. The standard InChI is InChI=1S/C30H39N7O4/c1-19-26-25(35-11-13-39-14-12-35)5-8-32-28(26)34-23-15-22(33-24(16-31)27(23)40-19)20-17-37(18-20)21-6-9-36(10-7-21)29(38)41-30(2,3)4/h5,8,15,19-21H,6-7,9-14,17-18H2,1-4H3,(H,32,34)/t19-/m1/s1. The van der Waals surface area contributed by atoms with Gasteiger partial charge in [-0.1, -0.05) is 0 Å². The molecule has 0 aliphatic carbocycles. The lowest BCUT2D eigenvalue weighted by Crippen LogP contribution is -2.55. The maximum Gasteiger partial charge on any atom is 0.410 e. The van der Waals surface area contributed by atoms with E-state index in [1.54, 1.807) is 0 Å². The van der Waals surface area contributed by atoms with E-state index in [1.807, 2.05) is 50.9 Å². The molecule has 0 radical (unpaired) electrons. The van der Waals surface area contributed by atoms with Crippen molar-refractivity contribution in [1.82, 2.24) is 19.8 Å². The molecule has 0 bridgehead atoms. The number of ether oxygens (including phenoxy) is 3. The topological polar surface area (TPSA) is 116 Å². The van der Waals surface area contributed by atoms with E-state index in [1.165, 1.54) is 0 Å². The molecule has 0 unspecified atom stereocenters. The van der Waals surface area contributed by atoms with Crippen molar-refractivity contribution in [3.8, 4) is 11.8 Å². The maximum absolute atomic E-state index is 12.4. The molecule has 11 heteroatoms. The third kappa shape index (κ3) is 5.63. The van der Waals surface area contributed by atoms with Crippen molar-refractivity contribution >= 4 is 23.3 Å². The van der Waals surface area contributed by atoms with Gasteiger partial charge in [0.05, 0.1) is 24.5 Å². The van der Waals surface area contributed by atoms with Gasteiger partial charge in [0.1, 0.15) is 23.6 Å². The van der Waals surface area contributed by atoms with Gasteiger partial charge in [0.25, 0.3) is 0 Å². The monoisotopic (exact) mass is 561 g/mol. The van der Waals surface area contributed by atoms with E-state index in [-0.39, 0.29) is 18.1 Å². The van der Waals surface area contributed by atoms with Crippen LogP contribution >= 0.6 is 0 Å². The van der Waals surface area contributed by atoms with Crippen LogP contribution in [0.15, 0.2) is 18.3 Å². The summed E-state index contributed by atoms with van der Waals surface area (Å²) in [6, 6.07) is 6.75. The molecule has 1 amide bonds. The highest BCUT2D eigenvalue weighted by Crippen LogP contribution is 2.44. The Morgan fingerprint density at radius 1 is 1.17 bits per heavy atom. The van der Waals surface area contributed by atoms with Gasteiger partial charge < -0.3 is 29.3 Å². The average molecular weight is 562 g/mol. The smallest absolute Gasteiger partial charge is 0.410 e. The van der Waals surface area contributed by atoms with Gasteiger partial charge >= 0.3 is 6.09 Å². The van der Waals surface area contributed by atoms with Crippen LogP contribution in [-0.4, -0.2) is 90.0 Å². The molecule has 0 saturated carbocycles. The number of rotatable bonds is 3. The summed E-state index contributed by atoms with van der Waals surface area (Å²) >= 11 is 0. The largest absolute Gasteiger partial charge is 0.481 e. The Morgan fingerprint density at radius 3 is 2.59 bits per heavy atom. The quantitative estimate of drug-likeness (QED) is 0.585. The molecule has 1 N–H and O–H groups in total. The zero-order valence-corrected chi connectivity index (χ0v) is 24.4. The Morgan fingerprint density at radius 2 is 1.90 bits per heavy atom. The second kappa shape index (κ2) is 11.0. The number of aromatic nitrogens is 2. The molecule has 0 aromatic carbocycles. The number of hydrogen-bond donors (Lipinski definition) is 1. The zero-order valence-electron chi connectivity index (χ0n) is 24.4. The summed E-state index contributed by atoms with van der Waals surface area (Å²) in [6.07, 6.45) is 3.13. The lowest BCUT2D eigenvalue weighted by Gasteiger charge is -2.47. The third-order valence-electron chi connectivity index (χ3n) is 8.33. The highest BCUT2D eigenvalue weighted by molar-refractivity contribution is 5.75. The number of carbonyl (C=O) groups is 1. The number of hydrogen-bond acceptors (Lipinski definition) is 10. The summed E-state index contributed by atoms with van der Waals surface area (Å²) in [6.45, 7) is 13.8. The number of anilines is 3. The van der Waals surface area contributed by atoms with E-state index in [4.69, 9.17) is 19.2 Å². The number of amides is 1. The van der Waals surface area contributed by atoms with Crippen LogP contribution in [0.25, 0.3) is 0 Å². The first-order chi connectivity index (χ1) is 19.7. The van der Waals surface area contributed by atoms with E-state index >= 15 is 0 Å². The number of likely N-dealkylation sites (tertiary alicyclic amines) is 2. The Balaban J connectivity index is 1.15. The molecule has 3 fully saturated rings. The third-order valence-corrected chi connectivity index (χ3v) is 8.33. The molecule has 218 valence electrons. The number of nitriles is 1. The molecule has 41 heavy (non-hydrogen) atoms. The zero-order chi connectivity index (χ0) is 28.7. The fraction of sp³-hybridized carbons (Fsp3) is 0.600. The predicted octanol–water partition coefficient (Wildman–Crippen LogP) is 4.18. The summed E-state index contributed by atoms with van der Waals surface area (Å²) < 4.78 is 17.5. The van der Waals surface area contributed by atoms with Crippen molar-refractivity contribution in [2.24, 2.45) is 0 Å². The van der Waals surface area contributed by atoms with E-state index in [2.05, 4.69) is 26.2 Å². The Bertz CT molecular complexity index is 1330. The fourth-order valence-corrected chi connectivity index (χ4v) is 6.19. The SMILES string of the molecule is C[C@H]1Oc2c(cc(C3CN(C4CCN(C(=O)OC(C)(C)C)CC4)C3)nc2C#N)Nc2nccc(N3CCOCC3)c21. The van der Waals surface area contributed by atoms with Crippen LogP contribution in [0.2, 0.25) is 0 Å². The van der Waals surface area contributed by atoms with Crippen LogP contribution in [0.1, 0.15) is 69.5 Å². The minimum absolute atomic E-state index is 0.228. The van der Waals surface area contributed by atoms with Crippen molar-refractivity contribution in [2.45, 2.75) is 64.2 Å². The number of nitrogens with zero attached hydrogens (tertiary/aromatic N) is 6. The van der Waals surface area contributed by atoms with Crippen LogP contribution in [0, 0.1) is 11.3 Å². The number of nitrogens with one attached hydrogen (secondary N) is 1. The fourth-order valence-electron chi connectivity index (χ4n) is 6.19. The molecular weight excluding hydrogens is 522 g/mol. The van der Waals surface area contributed by atoms with Crippen LogP contribution in [0.4, 0.5) is 22.0 Å². The summed E-state index contributed by atoms with van der Waals surface area (Å²) in [5, 5.41) is 13.5. The molecule has 2 aromatic heterocycles. The minimum Gasteiger partial charge on any atom is -0.481 e. The summed E-state index contributed by atoms with van der Waals surface area (Å²) in [4.78, 5) is 28.4. The number of piperidine rings is 1. The second-order valence-corrected chi connectivity index (χ2v) is 12.3. The molecule has 4 aliphatic heterocycles. The van der Waals surface area contributed by atoms with E-state index < -0.39 is 5.60 Å². The molecular formula is C30H39N7O4. The molecule has 11 nitrogen and oxygen atoms in total. The number of carbonyl (C=O) groups excluding carboxylic acids is 1. The molecule has 6 heterocycles. The molecule has 3 saturated heterocycles. The van der Waals surface area contributed by atoms with Crippen molar-refractivity contribution in [3.63, 3.8) is 0 Å². The Hall–Kier alpha value is -3.62. The number of morpholine rings is 1. The van der Waals surface area contributed by atoms with Gasteiger partial charge in [-0.25, -0.2) is 14.8 Å². The first-order valence-electron chi connectivity index (χ1n) is 14.6. The van der Waals surface area contributed by atoms with Gasteiger partial charge in [0.15, 0.2) is 11.4 Å². The minimum atomic E-state index is -0.483. The summed E-state index contributed by atoms with van der Waals surface area (Å²) in [7, 11) is 0. The number of fused-ring (bicyclic) bond motifs is 2. The van der Waals surface area contributed by atoms with Crippen molar-refractivity contribution in [3.05, 3.63) is 35.3 Å². The average Bonchev–Trinajstić information content (AvgIpc) is 3.07. The first-order valence-corrected chi connectivity index (χ1v) is 14.6. The van der Waals surface area contributed by atoms with Gasteiger partial charge in [-0.15, -0.1) is 0 Å². The van der Waals surface area contributed by atoms with Crippen LogP contribution in [0.3, 0.4) is 0 Å². The van der Waals surface area contributed by atoms with E-state index in [0.29, 0.717) is 43.8 Å². The van der Waals surface area contributed by atoms with E-state index in [0.717, 1.165) is 67.5 Å². The van der Waals surface area contributed by atoms with Gasteiger partial charge in [0, 0.05) is 68.8 Å². The second-order valence-electron chi connectivity index (χ2n) is 12.3. The summed E-state index contributed by atoms with van der Waals surface area (Å²) in [5.74, 6) is 1.44. The first kappa shape index (κ1) is 27.5. The Labute approximate surface area is 241 Å². The van der Waals surface area contributed by atoms with Crippen molar-refractivity contribution < 1.29 is 19.0 Å². The molecule has 0 spiro atoms.